The van der Waals surface area contributed by atoms with Gasteiger partial charge in [0.05, 0.1) is 5.52 Å². The van der Waals surface area contributed by atoms with E-state index in [2.05, 4.69) is 0 Å². The lowest BCUT2D eigenvalue weighted by Gasteiger charge is -2.08. The second-order valence-corrected chi connectivity index (χ2v) is 5.10. The Hall–Kier alpha value is -1.29. The summed E-state index contributed by atoms with van der Waals surface area (Å²) in [6, 6.07) is 4.54. The van der Waals surface area contributed by atoms with Gasteiger partial charge in [-0.3, -0.25) is 0 Å². The minimum absolute atomic E-state index is 0.0120. The third kappa shape index (κ3) is 2.84. The van der Waals surface area contributed by atoms with Crippen molar-refractivity contribution in [3.8, 4) is 12.3 Å². The van der Waals surface area contributed by atoms with E-state index in [1.807, 2.05) is 5.92 Å². The van der Waals surface area contributed by atoms with Crippen LogP contribution in [0.1, 0.15) is 11.7 Å². The minimum Gasteiger partial charge on any atom is -0.376 e. The van der Waals surface area contributed by atoms with E-state index in [1.54, 1.807) is 0 Å². The minimum atomic E-state index is -4.48. The normalized spacial score (nSPS) is 13.5. The average molecular weight is 306 g/mol. The van der Waals surface area contributed by atoms with Crippen LogP contribution < -0.4 is 0 Å². The lowest BCUT2D eigenvalue weighted by molar-refractivity contribution is -0.0328. The van der Waals surface area contributed by atoms with Crippen molar-refractivity contribution in [2.45, 2.75) is 16.5 Å². The Morgan fingerprint density at radius 1 is 1.42 bits per heavy atom. The van der Waals surface area contributed by atoms with Crippen LogP contribution in [0.4, 0.5) is 13.2 Å². The number of pyridine rings is 1. The van der Waals surface area contributed by atoms with E-state index in [9.17, 15) is 18.3 Å². The predicted octanol–water partition coefficient (Wildman–Crippen LogP) is 3.87. The second-order valence-electron chi connectivity index (χ2n) is 3.63. The van der Waals surface area contributed by atoms with Gasteiger partial charge in [-0.2, -0.15) is 13.2 Å². The maximum absolute atomic E-state index is 12.6. The zero-order chi connectivity index (χ0) is 14.2. The van der Waals surface area contributed by atoms with Crippen LogP contribution >= 0.6 is 23.4 Å². The molecule has 0 radical (unpaired) electrons. The first kappa shape index (κ1) is 14.1. The molecule has 100 valence electrons. The van der Waals surface area contributed by atoms with E-state index in [0.717, 1.165) is 0 Å². The molecule has 1 N–H and O–H groups in total. The number of aliphatic hydroxyl groups is 1. The first-order valence-corrected chi connectivity index (χ1v) is 6.22. The topological polar surface area (TPSA) is 24.6 Å². The van der Waals surface area contributed by atoms with Crippen molar-refractivity contribution in [3.63, 3.8) is 0 Å². The highest BCUT2D eigenvalue weighted by Crippen LogP contribution is 2.43. The number of nitrogens with zero attached hydrogens (tertiary/aromatic N) is 1. The Morgan fingerprint density at radius 3 is 2.68 bits per heavy atom. The number of alkyl halides is 3. The summed E-state index contributed by atoms with van der Waals surface area (Å²) in [5, 5.41) is 9.86. The van der Waals surface area contributed by atoms with E-state index in [4.69, 9.17) is 18.0 Å². The van der Waals surface area contributed by atoms with Crippen LogP contribution in [0.2, 0.25) is 5.15 Å². The van der Waals surface area contributed by atoms with Gasteiger partial charge in [0.25, 0.3) is 0 Å². The van der Waals surface area contributed by atoms with Crippen molar-refractivity contribution in [2.24, 2.45) is 0 Å². The Bertz CT molecular complexity index is 659. The molecule has 19 heavy (non-hydrogen) atoms. The molecule has 2 rings (SSSR count). The highest BCUT2D eigenvalue weighted by molar-refractivity contribution is 8.00. The van der Waals surface area contributed by atoms with Crippen LogP contribution in [0, 0.1) is 12.3 Å². The summed E-state index contributed by atoms with van der Waals surface area (Å²) in [4.78, 5) is -0.138. The summed E-state index contributed by atoms with van der Waals surface area (Å²) >= 11 is 5.58. The van der Waals surface area contributed by atoms with Gasteiger partial charge in [0.15, 0.2) is 0 Å². The molecule has 0 bridgehead atoms. The van der Waals surface area contributed by atoms with Gasteiger partial charge in [0.2, 0.25) is 0 Å². The summed E-state index contributed by atoms with van der Waals surface area (Å²) in [6.07, 6.45) is 4.96. The molecule has 0 aliphatic carbocycles. The Morgan fingerprint density at radius 2 is 2.11 bits per heavy atom. The Kier molecular flexibility index (Phi) is 3.72. The molecule has 0 aromatic carbocycles. The molecule has 0 saturated heterocycles. The molecule has 7 heteroatoms. The molecular formula is C12H7ClF3NOS. The van der Waals surface area contributed by atoms with Gasteiger partial charge < -0.3 is 9.51 Å². The van der Waals surface area contributed by atoms with E-state index < -0.39 is 11.6 Å². The van der Waals surface area contributed by atoms with Crippen LogP contribution in [0.3, 0.4) is 0 Å². The summed E-state index contributed by atoms with van der Waals surface area (Å²) in [6.45, 7) is 0. The third-order valence-corrected chi connectivity index (χ3v) is 3.60. The monoisotopic (exact) mass is 305 g/mol. The number of thioether (sulfide) groups is 1. The van der Waals surface area contributed by atoms with Crippen molar-refractivity contribution in [2.75, 3.05) is 0 Å². The molecule has 1 atom stereocenters. The molecule has 0 amide bonds. The highest BCUT2D eigenvalue weighted by Gasteiger charge is 2.33. The Balaban J connectivity index is 2.70. The van der Waals surface area contributed by atoms with Gasteiger partial charge in [-0.05, 0) is 23.9 Å². The molecule has 0 fully saturated rings. The Labute approximate surface area is 116 Å². The third-order valence-electron chi connectivity index (χ3n) is 2.41. The quantitative estimate of drug-likeness (QED) is 0.517. The van der Waals surface area contributed by atoms with Gasteiger partial charge in [-0.1, -0.05) is 23.6 Å². The van der Waals surface area contributed by atoms with Crippen LogP contribution in [0.15, 0.2) is 29.3 Å². The number of aromatic nitrogens is 1. The fourth-order valence-electron chi connectivity index (χ4n) is 1.67. The SMILES string of the molecule is C#CC(O)c1cn2c(Cl)cccc2c1SC(F)(F)F. The summed E-state index contributed by atoms with van der Waals surface area (Å²) < 4.78 is 39.1. The number of halogens is 4. The van der Waals surface area contributed by atoms with Crippen LogP contribution in [0.25, 0.3) is 5.52 Å². The zero-order valence-electron chi connectivity index (χ0n) is 9.28. The number of terminal acetylenes is 1. The maximum atomic E-state index is 12.6. The number of hydrogen-bond acceptors (Lipinski definition) is 2. The van der Waals surface area contributed by atoms with E-state index >= 15 is 0 Å². The molecule has 2 nitrogen and oxygen atoms in total. The van der Waals surface area contributed by atoms with E-state index in [1.165, 1.54) is 28.8 Å². The molecule has 0 spiro atoms. The van der Waals surface area contributed by atoms with Crippen molar-refractivity contribution in [1.29, 1.82) is 0 Å². The van der Waals surface area contributed by atoms with Crippen LogP contribution in [0.5, 0.6) is 0 Å². The molecule has 2 aromatic rings. The van der Waals surface area contributed by atoms with Gasteiger partial charge >= 0.3 is 5.51 Å². The smallest absolute Gasteiger partial charge is 0.376 e. The van der Waals surface area contributed by atoms with Crippen LogP contribution in [-0.2, 0) is 0 Å². The van der Waals surface area contributed by atoms with Gasteiger partial charge in [-0.15, -0.1) is 6.42 Å². The second kappa shape index (κ2) is 5.00. The fraction of sp³-hybridized carbons (Fsp3) is 0.167. The van der Waals surface area contributed by atoms with Gasteiger partial charge in [0, 0.05) is 16.7 Å². The molecule has 0 aliphatic heterocycles. The zero-order valence-corrected chi connectivity index (χ0v) is 10.9. The summed E-state index contributed by atoms with van der Waals surface area (Å²) in [5.74, 6) is 2.01. The average Bonchev–Trinajstić information content (AvgIpc) is 2.67. The molecule has 0 saturated carbocycles. The van der Waals surface area contributed by atoms with Crippen molar-refractivity contribution >= 4 is 28.9 Å². The fourth-order valence-corrected chi connectivity index (χ4v) is 2.66. The first-order valence-electron chi connectivity index (χ1n) is 5.03. The van der Waals surface area contributed by atoms with Crippen molar-refractivity contribution in [3.05, 3.63) is 35.1 Å². The largest absolute Gasteiger partial charge is 0.446 e. The molecule has 1 unspecified atom stereocenters. The lowest BCUT2D eigenvalue weighted by Crippen LogP contribution is -2.01. The standard InChI is InChI=1S/C12H7ClF3NOS/c1-2-9(18)7-6-17-8(4-3-5-10(17)13)11(7)19-12(14,15)16/h1,3-6,9,18H. The number of fused-ring (bicyclic) bond motifs is 1. The van der Waals surface area contributed by atoms with E-state index in [0.29, 0.717) is 0 Å². The number of aliphatic hydroxyl groups excluding tert-OH is 1. The van der Waals surface area contributed by atoms with Gasteiger partial charge in [-0.25, -0.2) is 0 Å². The van der Waals surface area contributed by atoms with E-state index in [-0.39, 0.29) is 32.9 Å². The van der Waals surface area contributed by atoms with Crippen molar-refractivity contribution in [1.82, 2.24) is 4.40 Å². The molecule has 2 aromatic heterocycles. The number of hydrogen-bond donors (Lipinski definition) is 1. The molecule has 2 heterocycles. The summed E-state index contributed by atoms with van der Waals surface area (Å²) in [7, 11) is 0. The lowest BCUT2D eigenvalue weighted by atomic mass is 10.2. The molecule has 0 aliphatic rings. The van der Waals surface area contributed by atoms with Crippen molar-refractivity contribution < 1.29 is 18.3 Å². The highest BCUT2D eigenvalue weighted by atomic mass is 35.5. The maximum Gasteiger partial charge on any atom is 0.446 e. The van der Waals surface area contributed by atoms with Crippen LogP contribution in [-0.4, -0.2) is 15.0 Å². The first-order chi connectivity index (χ1) is 8.83. The van der Waals surface area contributed by atoms with Gasteiger partial charge in [0.1, 0.15) is 11.3 Å². The number of rotatable bonds is 2. The molecular weight excluding hydrogens is 299 g/mol. The summed E-state index contributed by atoms with van der Waals surface area (Å²) in [5.41, 5.74) is -4.22. The predicted molar refractivity (Wildman–Crippen MR) is 68.1 cm³/mol.